The Morgan fingerprint density at radius 3 is 2.90 bits per heavy atom. The second kappa shape index (κ2) is 6.97. The molecule has 0 aliphatic carbocycles. The lowest BCUT2D eigenvalue weighted by atomic mass is 10.3. The number of hydrogen-bond donors (Lipinski definition) is 1. The molecule has 3 rings (SSSR count). The summed E-state index contributed by atoms with van der Waals surface area (Å²) in [6.45, 7) is 3.58. The van der Waals surface area contributed by atoms with E-state index < -0.39 is 0 Å². The van der Waals surface area contributed by atoms with Gasteiger partial charge in [-0.3, -0.25) is 0 Å². The fourth-order valence-electron chi connectivity index (χ4n) is 1.99. The van der Waals surface area contributed by atoms with Crippen LogP contribution in [0.15, 0.2) is 10.9 Å². The third kappa shape index (κ3) is 3.99. The van der Waals surface area contributed by atoms with Crippen molar-refractivity contribution < 1.29 is 4.74 Å². The highest BCUT2D eigenvalue weighted by Crippen LogP contribution is 2.15. The van der Waals surface area contributed by atoms with E-state index in [0.29, 0.717) is 31.7 Å². The smallest absolute Gasteiger partial charge is 0.231 e. The van der Waals surface area contributed by atoms with E-state index in [4.69, 9.17) is 16.3 Å². The quantitative estimate of drug-likeness (QED) is 0.891. The SMILES string of the molecule is Clc1nc(NCCc2cscn2)nc(N2CCOCC2)n1. The third-order valence-electron chi connectivity index (χ3n) is 3.04. The van der Waals surface area contributed by atoms with Gasteiger partial charge >= 0.3 is 0 Å². The maximum atomic E-state index is 5.98. The van der Waals surface area contributed by atoms with Crippen molar-refractivity contribution in [2.24, 2.45) is 0 Å². The van der Waals surface area contributed by atoms with E-state index in [-0.39, 0.29) is 5.28 Å². The molecule has 112 valence electrons. The van der Waals surface area contributed by atoms with Gasteiger partial charge in [0, 0.05) is 31.4 Å². The maximum absolute atomic E-state index is 5.98. The summed E-state index contributed by atoms with van der Waals surface area (Å²) in [5, 5.41) is 5.39. The molecule has 2 aromatic rings. The van der Waals surface area contributed by atoms with Crippen LogP contribution in [0.25, 0.3) is 0 Å². The van der Waals surface area contributed by atoms with Crippen molar-refractivity contribution in [1.82, 2.24) is 19.9 Å². The van der Waals surface area contributed by atoms with E-state index in [2.05, 4.69) is 25.3 Å². The van der Waals surface area contributed by atoms with Crippen LogP contribution >= 0.6 is 22.9 Å². The van der Waals surface area contributed by atoms with Crippen LogP contribution in [0, 0.1) is 0 Å². The van der Waals surface area contributed by atoms with Gasteiger partial charge < -0.3 is 15.0 Å². The summed E-state index contributed by atoms with van der Waals surface area (Å²) in [4.78, 5) is 19.0. The molecular weight excluding hydrogens is 312 g/mol. The second-order valence-electron chi connectivity index (χ2n) is 4.48. The highest BCUT2D eigenvalue weighted by atomic mass is 35.5. The highest BCUT2D eigenvalue weighted by Gasteiger charge is 2.15. The fraction of sp³-hybridized carbons (Fsp3) is 0.500. The Bertz CT molecular complexity index is 575. The molecule has 0 aromatic carbocycles. The van der Waals surface area contributed by atoms with Gasteiger partial charge in [0.05, 0.1) is 24.4 Å². The lowest BCUT2D eigenvalue weighted by Gasteiger charge is -2.26. The number of anilines is 2. The number of morpholine rings is 1. The molecular formula is C12H15ClN6OS. The molecule has 0 saturated carbocycles. The van der Waals surface area contributed by atoms with Crippen LogP contribution in [0.4, 0.5) is 11.9 Å². The molecule has 1 aliphatic rings. The minimum Gasteiger partial charge on any atom is -0.378 e. The molecule has 0 spiro atoms. The van der Waals surface area contributed by atoms with Crippen molar-refractivity contribution in [3.63, 3.8) is 0 Å². The van der Waals surface area contributed by atoms with E-state index in [1.54, 1.807) is 11.3 Å². The fourth-order valence-corrected chi connectivity index (χ4v) is 2.74. The molecule has 2 aromatic heterocycles. The minimum absolute atomic E-state index is 0.197. The van der Waals surface area contributed by atoms with Gasteiger partial charge in [0.2, 0.25) is 17.2 Å². The van der Waals surface area contributed by atoms with Crippen molar-refractivity contribution in [1.29, 1.82) is 0 Å². The van der Waals surface area contributed by atoms with Crippen LogP contribution in [0.1, 0.15) is 5.69 Å². The zero-order valence-electron chi connectivity index (χ0n) is 11.3. The Morgan fingerprint density at radius 2 is 2.14 bits per heavy atom. The van der Waals surface area contributed by atoms with Crippen molar-refractivity contribution in [2.75, 3.05) is 43.1 Å². The Kier molecular flexibility index (Phi) is 4.79. The van der Waals surface area contributed by atoms with Crippen LogP contribution in [0.2, 0.25) is 5.28 Å². The van der Waals surface area contributed by atoms with E-state index in [0.717, 1.165) is 25.2 Å². The normalized spacial score (nSPS) is 15.2. The molecule has 0 unspecified atom stereocenters. The monoisotopic (exact) mass is 326 g/mol. The average molecular weight is 327 g/mol. The summed E-state index contributed by atoms with van der Waals surface area (Å²) in [5.74, 6) is 1.08. The van der Waals surface area contributed by atoms with E-state index in [1.807, 2.05) is 15.8 Å². The van der Waals surface area contributed by atoms with Gasteiger partial charge in [-0.2, -0.15) is 15.0 Å². The molecule has 1 saturated heterocycles. The zero-order valence-corrected chi connectivity index (χ0v) is 12.9. The van der Waals surface area contributed by atoms with Crippen molar-refractivity contribution in [2.45, 2.75) is 6.42 Å². The zero-order chi connectivity index (χ0) is 14.5. The largest absolute Gasteiger partial charge is 0.378 e. The lowest BCUT2D eigenvalue weighted by Crippen LogP contribution is -2.37. The molecule has 1 N–H and O–H groups in total. The number of hydrogen-bond acceptors (Lipinski definition) is 8. The number of ether oxygens (including phenoxy) is 1. The summed E-state index contributed by atoms with van der Waals surface area (Å²) in [6, 6.07) is 0. The van der Waals surface area contributed by atoms with Crippen LogP contribution in [-0.4, -0.2) is 52.8 Å². The number of rotatable bonds is 5. The third-order valence-corrected chi connectivity index (χ3v) is 3.84. The first-order valence-electron chi connectivity index (χ1n) is 6.66. The molecule has 0 atom stereocenters. The standard InChI is InChI=1S/C12H15ClN6OS/c13-10-16-11(14-2-1-9-7-21-8-15-9)18-12(17-10)19-3-5-20-6-4-19/h7-8H,1-6H2,(H,14,16,17,18). The van der Waals surface area contributed by atoms with Crippen LogP contribution < -0.4 is 10.2 Å². The van der Waals surface area contributed by atoms with E-state index >= 15 is 0 Å². The van der Waals surface area contributed by atoms with Gasteiger partial charge in [0.15, 0.2) is 0 Å². The van der Waals surface area contributed by atoms with Gasteiger partial charge in [-0.1, -0.05) is 0 Å². The van der Waals surface area contributed by atoms with Crippen LogP contribution in [-0.2, 0) is 11.2 Å². The lowest BCUT2D eigenvalue weighted by molar-refractivity contribution is 0.122. The van der Waals surface area contributed by atoms with Gasteiger partial charge in [-0.25, -0.2) is 4.98 Å². The average Bonchev–Trinajstić information content (AvgIpc) is 3.01. The molecule has 1 aliphatic heterocycles. The van der Waals surface area contributed by atoms with Crippen molar-refractivity contribution in [3.05, 3.63) is 21.9 Å². The highest BCUT2D eigenvalue weighted by molar-refractivity contribution is 7.07. The molecule has 21 heavy (non-hydrogen) atoms. The predicted octanol–water partition coefficient (Wildman–Crippen LogP) is 1.47. The summed E-state index contributed by atoms with van der Waals surface area (Å²) in [7, 11) is 0. The van der Waals surface area contributed by atoms with Crippen LogP contribution in [0.3, 0.4) is 0 Å². The molecule has 1 fully saturated rings. The minimum atomic E-state index is 0.197. The molecule has 7 nitrogen and oxygen atoms in total. The van der Waals surface area contributed by atoms with Crippen LogP contribution in [0.5, 0.6) is 0 Å². The first-order chi connectivity index (χ1) is 10.3. The summed E-state index contributed by atoms with van der Waals surface area (Å²) < 4.78 is 5.32. The number of nitrogens with zero attached hydrogens (tertiary/aromatic N) is 5. The number of aromatic nitrogens is 4. The number of thiazole rings is 1. The summed E-state index contributed by atoms with van der Waals surface area (Å²) in [6.07, 6.45) is 0.819. The van der Waals surface area contributed by atoms with E-state index in [9.17, 15) is 0 Å². The van der Waals surface area contributed by atoms with Gasteiger partial charge in [-0.05, 0) is 11.6 Å². The molecule has 0 amide bonds. The topological polar surface area (TPSA) is 76.1 Å². The molecule has 0 bridgehead atoms. The second-order valence-corrected chi connectivity index (χ2v) is 5.54. The molecule has 0 radical (unpaired) electrons. The van der Waals surface area contributed by atoms with Crippen molar-refractivity contribution >= 4 is 34.8 Å². The Labute approximate surface area is 131 Å². The van der Waals surface area contributed by atoms with Crippen molar-refractivity contribution in [3.8, 4) is 0 Å². The van der Waals surface area contributed by atoms with Gasteiger partial charge in [0.1, 0.15) is 0 Å². The predicted molar refractivity (Wildman–Crippen MR) is 82.2 cm³/mol. The first kappa shape index (κ1) is 14.4. The van der Waals surface area contributed by atoms with E-state index in [1.165, 1.54) is 0 Å². The van der Waals surface area contributed by atoms with Gasteiger partial charge in [-0.15, -0.1) is 11.3 Å². The Hall–Kier alpha value is -1.51. The maximum Gasteiger partial charge on any atom is 0.231 e. The summed E-state index contributed by atoms with van der Waals surface area (Å²) in [5.41, 5.74) is 2.88. The summed E-state index contributed by atoms with van der Waals surface area (Å²) >= 11 is 7.57. The Balaban J connectivity index is 1.63. The number of nitrogens with one attached hydrogen (secondary N) is 1. The van der Waals surface area contributed by atoms with Gasteiger partial charge in [0.25, 0.3) is 0 Å². The molecule has 9 heteroatoms. The first-order valence-corrected chi connectivity index (χ1v) is 7.98. The number of halogens is 1. The molecule has 3 heterocycles. The Morgan fingerprint density at radius 1 is 1.29 bits per heavy atom.